The zero-order valence-corrected chi connectivity index (χ0v) is 16.4. The summed E-state index contributed by atoms with van der Waals surface area (Å²) in [6.45, 7) is 0.373. The third kappa shape index (κ3) is 2.44. The van der Waals surface area contributed by atoms with E-state index in [0.29, 0.717) is 22.8 Å². The molecule has 12 heteroatoms. The number of fused-ring (bicyclic) bond motifs is 2. The van der Waals surface area contributed by atoms with Crippen LogP contribution in [0.3, 0.4) is 0 Å². The molecular formula is C12H14ClN4O4P3. The summed E-state index contributed by atoms with van der Waals surface area (Å²) in [5.74, 6) is 0. The van der Waals surface area contributed by atoms with Crippen LogP contribution in [0.4, 0.5) is 4.79 Å². The maximum absolute atomic E-state index is 11.6. The molecule has 2 aromatic heterocycles. The molecule has 0 saturated carbocycles. The number of rotatable bonds is 3. The zero-order valence-electron chi connectivity index (χ0n) is 12.2. The maximum atomic E-state index is 11.6. The highest BCUT2D eigenvalue weighted by Gasteiger charge is 2.57. The van der Waals surface area contributed by atoms with Crippen LogP contribution in [0.5, 0.6) is 0 Å². The van der Waals surface area contributed by atoms with Gasteiger partial charge in [0.05, 0.1) is 24.2 Å². The van der Waals surface area contributed by atoms with Crippen molar-refractivity contribution in [3.8, 4) is 0 Å². The van der Waals surface area contributed by atoms with Gasteiger partial charge < -0.3 is 18.3 Å². The molecule has 0 bridgehead atoms. The third-order valence-electron chi connectivity index (χ3n) is 4.36. The van der Waals surface area contributed by atoms with E-state index in [1.54, 1.807) is 4.34 Å². The van der Waals surface area contributed by atoms with Crippen LogP contribution in [-0.2, 0) is 14.0 Å². The number of aromatic nitrogens is 3. The minimum Gasteiger partial charge on any atom is -0.425 e. The maximum Gasteiger partial charge on any atom is 0.509 e. The Hall–Kier alpha value is -0.610. The first kappa shape index (κ1) is 16.8. The van der Waals surface area contributed by atoms with E-state index in [1.807, 2.05) is 10.9 Å². The Morgan fingerprint density at radius 1 is 1.29 bits per heavy atom. The highest BCUT2D eigenvalue weighted by atomic mass is 35.5. The van der Waals surface area contributed by atoms with Crippen molar-refractivity contribution in [3.63, 3.8) is 0 Å². The predicted octanol–water partition coefficient (Wildman–Crippen LogP) is 1.95. The van der Waals surface area contributed by atoms with Crippen molar-refractivity contribution >= 4 is 57.0 Å². The summed E-state index contributed by atoms with van der Waals surface area (Å²) in [6, 6.07) is -0.416. The Morgan fingerprint density at radius 2 is 2.04 bits per heavy atom. The first-order chi connectivity index (χ1) is 11.5. The Kier molecular flexibility index (Phi) is 4.41. The minimum absolute atomic E-state index is 0.158. The van der Waals surface area contributed by atoms with E-state index in [2.05, 4.69) is 38.2 Å². The Labute approximate surface area is 149 Å². The van der Waals surface area contributed by atoms with Crippen molar-refractivity contribution in [3.05, 3.63) is 23.2 Å². The summed E-state index contributed by atoms with van der Waals surface area (Å²) < 4.78 is 19.7. The van der Waals surface area contributed by atoms with Gasteiger partial charge in [0.15, 0.2) is 17.4 Å². The molecular weight excluding hydrogens is 393 g/mol. The van der Waals surface area contributed by atoms with Gasteiger partial charge in [-0.1, -0.05) is 21.0 Å². The number of ether oxygens (including phenoxy) is 2. The largest absolute Gasteiger partial charge is 0.509 e. The molecule has 8 nitrogen and oxygen atoms in total. The van der Waals surface area contributed by atoms with E-state index >= 15 is 0 Å². The summed E-state index contributed by atoms with van der Waals surface area (Å²) in [4.78, 5) is 20.0. The molecule has 0 amide bonds. The molecule has 2 aliphatic rings. The third-order valence-corrected chi connectivity index (χ3v) is 5.94. The van der Waals surface area contributed by atoms with Gasteiger partial charge in [0, 0.05) is 21.2 Å². The van der Waals surface area contributed by atoms with Gasteiger partial charge in [-0.2, -0.15) is 0 Å². The van der Waals surface area contributed by atoms with Crippen LogP contribution in [0, 0.1) is 0 Å². The molecule has 0 aromatic carbocycles. The molecule has 0 radical (unpaired) electrons. The van der Waals surface area contributed by atoms with Crippen LogP contribution in [0.15, 0.2) is 12.5 Å². The quantitative estimate of drug-likeness (QED) is 0.438. The summed E-state index contributed by atoms with van der Waals surface area (Å²) in [6.07, 6.45) is 1.78. The zero-order chi connectivity index (χ0) is 17.0. The van der Waals surface area contributed by atoms with Crippen LogP contribution < -0.4 is 0 Å². The lowest BCUT2D eigenvalue weighted by molar-refractivity contribution is 0.0781. The first-order valence-corrected chi connectivity index (χ1v) is 8.89. The fourth-order valence-electron chi connectivity index (χ4n) is 3.38. The molecule has 7 atom stereocenters. The molecule has 0 N–H and O–H groups in total. The summed E-state index contributed by atoms with van der Waals surface area (Å²) in [5.41, 5.74) is 2.28. The Balaban J connectivity index is 1.84. The fourth-order valence-corrected chi connectivity index (χ4v) is 4.88. The highest BCUT2D eigenvalue weighted by molar-refractivity contribution is 7.15. The van der Waals surface area contributed by atoms with Gasteiger partial charge in [0.1, 0.15) is 11.8 Å². The number of nitrogens with zero attached hydrogens (tertiary/aromatic N) is 4. The smallest absolute Gasteiger partial charge is 0.425 e. The lowest BCUT2D eigenvalue weighted by atomic mass is 10.0. The van der Waals surface area contributed by atoms with Crippen LogP contribution >= 0.6 is 39.8 Å². The fraction of sp³-hybridized carbons (Fsp3) is 0.417. The van der Waals surface area contributed by atoms with Crippen LogP contribution in [-0.4, -0.2) is 50.0 Å². The number of hydrogen-bond donors (Lipinski definition) is 0. The van der Waals surface area contributed by atoms with Crippen LogP contribution in [0.2, 0.25) is 5.15 Å². The van der Waals surface area contributed by atoms with Gasteiger partial charge in [-0.15, -0.1) is 0 Å². The highest BCUT2D eigenvalue weighted by Crippen LogP contribution is 2.47. The Morgan fingerprint density at radius 3 is 2.79 bits per heavy atom. The molecule has 4 heterocycles. The first-order valence-electron chi connectivity index (χ1n) is 7.01. The van der Waals surface area contributed by atoms with E-state index in [1.165, 1.54) is 6.33 Å². The molecule has 0 aliphatic carbocycles. The van der Waals surface area contributed by atoms with Crippen molar-refractivity contribution in [1.29, 1.82) is 0 Å². The molecule has 2 fully saturated rings. The summed E-state index contributed by atoms with van der Waals surface area (Å²) in [7, 11) is 7.45. The van der Waals surface area contributed by atoms with Gasteiger partial charge in [-0.05, 0) is 9.39 Å². The van der Waals surface area contributed by atoms with E-state index in [4.69, 9.17) is 25.6 Å². The second-order valence-corrected chi connectivity index (χ2v) is 7.41. The second kappa shape index (κ2) is 6.28. The van der Waals surface area contributed by atoms with Gasteiger partial charge in [0.25, 0.3) is 0 Å². The monoisotopic (exact) mass is 406 g/mol. The van der Waals surface area contributed by atoms with Crippen molar-refractivity contribution in [2.24, 2.45) is 0 Å². The molecule has 0 spiro atoms. The van der Waals surface area contributed by atoms with E-state index in [9.17, 15) is 4.79 Å². The van der Waals surface area contributed by atoms with E-state index in [-0.39, 0.29) is 12.1 Å². The summed E-state index contributed by atoms with van der Waals surface area (Å²) >= 11 is 6.19. The van der Waals surface area contributed by atoms with Crippen molar-refractivity contribution < 1.29 is 18.8 Å². The van der Waals surface area contributed by atoms with Crippen LogP contribution in [0.1, 0.15) is 11.6 Å². The number of hydrogen-bond acceptors (Lipinski definition) is 7. The molecule has 24 heavy (non-hydrogen) atoms. The normalized spacial score (nSPS) is 29.8. The Bertz CT molecular complexity index is 821. The van der Waals surface area contributed by atoms with Gasteiger partial charge in [0.2, 0.25) is 0 Å². The number of halogens is 1. The molecule has 2 saturated heterocycles. The van der Waals surface area contributed by atoms with Crippen molar-refractivity contribution in [2.45, 2.75) is 24.3 Å². The predicted molar refractivity (Wildman–Crippen MR) is 96.5 cm³/mol. The van der Waals surface area contributed by atoms with Crippen LogP contribution in [0.25, 0.3) is 11.0 Å². The van der Waals surface area contributed by atoms with Crippen molar-refractivity contribution in [2.75, 3.05) is 6.61 Å². The topological polar surface area (TPSA) is 78.7 Å². The lowest BCUT2D eigenvalue weighted by Gasteiger charge is -2.26. The number of carbonyl (C=O) groups excluding carboxylic acids is 1. The van der Waals surface area contributed by atoms with E-state index in [0.717, 1.165) is 5.56 Å². The standard InChI is InChI=1S/C12H14ClN4O4P3/c13-11-8-6(14-3-15-11)4(1-16(8)22)7-10-9(20-12(18)21-10)5(2-19-24)17(7)23/h1,3,5,7,9-10H,2,22-24H2/t5-,7+,9-,10+/m1/s1. The average Bonchev–Trinajstić information content (AvgIpc) is 3.13. The molecule has 4 rings (SSSR count). The van der Waals surface area contributed by atoms with Gasteiger partial charge in [-0.3, -0.25) is 4.67 Å². The SMILES string of the molecule is O=C1O[C@@H]2[C@H](O1)[C@@H](COP)N(P)[C@H]2c1cn(P)c2c(Cl)ncnc12. The summed E-state index contributed by atoms with van der Waals surface area (Å²) in [5, 5.41) is 0.357. The second-order valence-electron chi connectivity index (χ2n) is 5.56. The van der Waals surface area contributed by atoms with Gasteiger partial charge >= 0.3 is 6.16 Å². The molecule has 3 unspecified atom stereocenters. The average molecular weight is 407 g/mol. The van der Waals surface area contributed by atoms with E-state index < -0.39 is 18.4 Å². The van der Waals surface area contributed by atoms with Gasteiger partial charge in [-0.25, -0.2) is 14.8 Å². The van der Waals surface area contributed by atoms with Crippen molar-refractivity contribution in [1.82, 2.24) is 19.0 Å². The molecule has 128 valence electrons. The minimum atomic E-state index is -0.663. The number of carbonyl (C=O) groups is 1. The molecule has 2 aromatic rings. The molecule has 2 aliphatic heterocycles. The lowest BCUT2D eigenvalue weighted by Crippen LogP contribution is -2.34.